The van der Waals surface area contributed by atoms with Crippen LogP contribution in [-0.2, 0) is 0 Å². The van der Waals surface area contributed by atoms with Crippen molar-refractivity contribution in [1.82, 2.24) is 0 Å². The average Bonchev–Trinajstić information content (AvgIpc) is 2.78. The lowest BCUT2D eigenvalue weighted by Crippen LogP contribution is -1.92. The molecular weight excluding hydrogens is 224 g/mol. The van der Waals surface area contributed by atoms with Gasteiger partial charge in [-0.2, -0.15) is 0 Å². The summed E-state index contributed by atoms with van der Waals surface area (Å²) < 4.78 is 10.3. The molecule has 2 nitrogen and oxygen atoms in total. The minimum absolute atomic E-state index is 0. The fourth-order valence-corrected chi connectivity index (χ4v) is 1.54. The van der Waals surface area contributed by atoms with Gasteiger partial charge < -0.3 is 9.47 Å². The molecule has 0 atom stereocenters. The first kappa shape index (κ1) is 14.1. The van der Waals surface area contributed by atoms with Crippen LogP contribution >= 0.6 is 0 Å². The Labute approximate surface area is 109 Å². The number of hydrogen-bond donors (Lipinski definition) is 0. The zero-order valence-corrected chi connectivity index (χ0v) is 10.1. The summed E-state index contributed by atoms with van der Waals surface area (Å²) in [6.07, 6.45) is 0. The third kappa shape index (κ3) is 3.81. The van der Waals surface area contributed by atoms with Crippen molar-refractivity contribution in [2.75, 3.05) is 6.79 Å². The first-order chi connectivity index (χ1) is 8.25. The molecule has 1 aliphatic heterocycles. The summed E-state index contributed by atoms with van der Waals surface area (Å²) in [7, 11) is 0. The molecule has 0 unspecified atom stereocenters. The van der Waals surface area contributed by atoms with Gasteiger partial charge in [-0.15, -0.1) is 0 Å². The van der Waals surface area contributed by atoms with E-state index < -0.39 is 0 Å². The van der Waals surface area contributed by atoms with Crippen molar-refractivity contribution in [2.45, 2.75) is 21.3 Å². The van der Waals surface area contributed by atoms with Crippen LogP contribution in [0, 0.1) is 13.8 Å². The SMILES string of the molecule is C.Cc1ccc2c(c1)OCO2.Cc1ccccc1. The Morgan fingerprint density at radius 2 is 1.44 bits per heavy atom. The molecule has 2 aromatic carbocycles. The molecular formula is C16H20O2. The summed E-state index contributed by atoms with van der Waals surface area (Å²) in [5, 5.41) is 0. The zero-order chi connectivity index (χ0) is 12.1. The molecule has 18 heavy (non-hydrogen) atoms. The lowest BCUT2D eigenvalue weighted by molar-refractivity contribution is 0.174. The molecule has 0 bridgehead atoms. The number of fused-ring (bicyclic) bond motifs is 1. The molecule has 1 aliphatic rings. The van der Waals surface area contributed by atoms with E-state index >= 15 is 0 Å². The minimum Gasteiger partial charge on any atom is -0.454 e. The van der Waals surface area contributed by atoms with Gasteiger partial charge in [0.05, 0.1) is 0 Å². The number of hydrogen-bond acceptors (Lipinski definition) is 2. The van der Waals surface area contributed by atoms with Gasteiger partial charge in [-0.3, -0.25) is 0 Å². The van der Waals surface area contributed by atoms with Gasteiger partial charge in [-0.05, 0) is 31.5 Å². The molecule has 2 heteroatoms. The van der Waals surface area contributed by atoms with Crippen LogP contribution in [0.5, 0.6) is 11.5 Å². The van der Waals surface area contributed by atoms with Crippen molar-refractivity contribution < 1.29 is 9.47 Å². The second-order valence-corrected chi connectivity index (χ2v) is 4.01. The molecule has 3 rings (SSSR count). The molecule has 1 heterocycles. The van der Waals surface area contributed by atoms with Crippen molar-refractivity contribution >= 4 is 0 Å². The highest BCUT2D eigenvalue weighted by Crippen LogP contribution is 2.31. The van der Waals surface area contributed by atoms with E-state index in [0.717, 1.165) is 11.5 Å². The summed E-state index contributed by atoms with van der Waals surface area (Å²) in [4.78, 5) is 0. The Balaban J connectivity index is 0.000000181. The van der Waals surface area contributed by atoms with E-state index in [0.29, 0.717) is 6.79 Å². The van der Waals surface area contributed by atoms with E-state index in [1.807, 2.05) is 43.3 Å². The van der Waals surface area contributed by atoms with Crippen molar-refractivity contribution in [3.63, 3.8) is 0 Å². The zero-order valence-electron chi connectivity index (χ0n) is 10.1. The number of rotatable bonds is 0. The summed E-state index contributed by atoms with van der Waals surface area (Å²) in [5.41, 5.74) is 2.52. The van der Waals surface area contributed by atoms with Crippen molar-refractivity contribution in [3.05, 3.63) is 59.7 Å². The molecule has 0 aliphatic carbocycles. The fourth-order valence-electron chi connectivity index (χ4n) is 1.54. The second-order valence-electron chi connectivity index (χ2n) is 4.01. The average molecular weight is 244 g/mol. The van der Waals surface area contributed by atoms with Gasteiger partial charge in [0.2, 0.25) is 6.79 Å². The topological polar surface area (TPSA) is 18.5 Å². The van der Waals surface area contributed by atoms with E-state index in [1.165, 1.54) is 11.1 Å². The maximum atomic E-state index is 5.16. The van der Waals surface area contributed by atoms with Gasteiger partial charge in [-0.1, -0.05) is 49.4 Å². The quantitative estimate of drug-likeness (QED) is 0.685. The highest BCUT2D eigenvalue weighted by molar-refractivity contribution is 5.43. The predicted molar refractivity (Wildman–Crippen MR) is 75.2 cm³/mol. The molecule has 0 saturated carbocycles. The predicted octanol–water partition coefficient (Wildman–Crippen LogP) is 4.35. The normalized spacial score (nSPS) is 11.0. The summed E-state index contributed by atoms with van der Waals surface area (Å²) >= 11 is 0. The van der Waals surface area contributed by atoms with Crippen LogP contribution < -0.4 is 9.47 Å². The van der Waals surface area contributed by atoms with E-state index in [4.69, 9.17) is 9.47 Å². The lowest BCUT2D eigenvalue weighted by atomic mass is 10.2. The highest BCUT2D eigenvalue weighted by Gasteiger charge is 2.11. The highest BCUT2D eigenvalue weighted by atomic mass is 16.7. The first-order valence-electron chi connectivity index (χ1n) is 5.63. The molecule has 0 saturated heterocycles. The molecule has 0 radical (unpaired) electrons. The Hall–Kier alpha value is -1.96. The van der Waals surface area contributed by atoms with Gasteiger partial charge in [0, 0.05) is 0 Å². The minimum atomic E-state index is 0. The number of ether oxygens (including phenoxy) is 2. The van der Waals surface area contributed by atoms with E-state index in [-0.39, 0.29) is 7.43 Å². The molecule has 0 amide bonds. The third-order valence-electron chi connectivity index (χ3n) is 2.47. The Kier molecular flexibility index (Phi) is 5.25. The standard InChI is InChI=1S/C8H8O2.C7H8.CH4/c1-6-2-3-7-8(4-6)10-5-9-7;1-7-5-3-2-4-6-7;/h2-4H,5H2,1H3;2-6H,1H3;1H4. The van der Waals surface area contributed by atoms with Crippen molar-refractivity contribution in [2.24, 2.45) is 0 Å². The largest absolute Gasteiger partial charge is 0.454 e. The van der Waals surface area contributed by atoms with E-state index in [9.17, 15) is 0 Å². The van der Waals surface area contributed by atoms with Crippen LogP contribution in [0.1, 0.15) is 18.6 Å². The second kappa shape index (κ2) is 6.70. The Morgan fingerprint density at radius 3 is 2.06 bits per heavy atom. The summed E-state index contributed by atoms with van der Waals surface area (Å²) in [6, 6.07) is 16.2. The van der Waals surface area contributed by atoms with Crippen molar-refractivity contribution in [1.29, 1.82) is 0 Å². The Morgan fingerprint density at radius 1 is 0.778 bits per heavy atom. The first-order valence-corrected chi connectivity index (χ1v) is 5.63. The number of aryl methyl sites for hydroxylation is 2. The lowest BCUT2D eigenvalue weighted by Gasteiger charge is -1.94. The van der Waals surface area contributed by atoms with Gasteiger partial charge in [0.15, 0.2) is 11.5 Å². The maximum Gasteiger partial charge on any atom is 0.231 e. The smallest absolute Gasteiger partial charge is 0.231 e. The van der Waals surface area contributed by atoms with E-state index in [1.54, 1.807) is 0 Å². The van der Waals surface area contributed by atoms with Gasteiger partial charge >= 0.3 is 0 Å². The fraction of sp³-hybridized carbons (Fsp3) is 0.250. The van der Waals surface area contributed by atoms with Crippen LogP contribution in [0.4, 0.5) is 0 Å². The van der Waals surface area contributed by atoms with Crippen LogP contribution in [0.25, 0.3) is 0 Å². The van der Waals surface area contributed by atoms with Crippen LogP contribution in [0.15, 0.2) is 48.5 Å². The molecule has 0 fully saturated rings. The maximum absolute atomic E-state index is 5.16. The molecule has 0 N–H and O–H groups in total. The van der Waals surface area contributed by atoms with Gasteiger partial charge in [-0.25, -0.2) is 0 Å². The van der Waals surface area contributed by atoms with Gasteiger partial charge in [0.25, 0.3) is 0 Å². The molecule has 2 aromatic rings. The van der Waals surface area contributed by atoms with Gasteiger partial charge in [0.1, 0.15) is 0 Å². The third-order valence-corrected chi connectivity index (χ3v) is 2.47. The molecule has 0 spiro atoms. The van der Waals surface area contributed by atoms with Crippen LogP contribution in [-0.4, -0.2) is 6.79 Å². The Bertz CT molecular complexity index is 478. The monoisotopic (exact) mass is 244 g/mol. The van der Waals surface area contributed by atoms with Crippen LogP contribution in [0.2, 0.25) is 0 Å². The van der Waals surface area contributed by atoms with Crippen molar-refractivity contribution in [3.8, 4) is 11.5 Å². The summed E-state index contributed by atoms with van der Waals surface area (Å²) in [6.45, 7) is 4.47. The number of benzene rings is 2. The molecule has 0 aromatic heterocycles. The molecule has 96 valence electrons. The van der Waals surface area contributed by atoms with Crippen LogP contribution in [0.3, 0.4) is 0 Å². The van der Waals surface area contributed by atoms with E-state index in [2.05, 4.69) is 19.1 Å². The summed E-state index contributed by atoms with van der Waals surface area (Å²) in [5.74, 6) is 1.71.